The Morgan fingerprint density at radius 3 is 2.95 bits per heavy atom. The molecule has 2 heterocycles. The molecular formula is C15H11BrN4O. The van der Waals surface area contributed by atoms with E-state index in [0.29, 0.717) is 36.7 Å². The number of nitriles is 1. The molecule has 0 bridgehead atoms. The Kier molecular flexibility index (Phi) is 3.93. The lowest BCUT2D eigenvalue weighted by Gasteiger charge is -2.02. The Balaban J connectivity index is 1.93. The van der Waals surface area contributed by atoms with Crippen molar-refractivity contribution in [1.29, 1.82) is 5.26 Å². The molecule has 5 nitrogen and oxygen atoms in total. The Bertz CT molecular complexity index is 822. The molecule has 0 aliphatic rings. The van der Waals surface area contributed by atoms with Crippen LogP contribution in [0.4, 0.5) is 0 Å². The smallest absolute Gasteiger partial charge is 0.227 e. The van der Waals surface area contributed by atoms with Crippen LogP contribution in [0.2, 0.25) is 0 Å². The number of aromatic nitrogens is 3. The van der Waals surface area contributed by atoms with Crippen molar-refractivity contribution in [3.63, 3.8) is 0 Å². The van der Waals surface area contributed by atoms with E-state index in [4.69, 9.17) is 9.78 Å². The van der Waals surface area contributed by atoms with Crippen molar-refractivity contribution < 1.29 is 4.52 Å². The minimum atomic E-state index is 0.458. The van der Waals surface area contributed by atoms with Gasteiger partial charge in [-0.15, -0.1) is 0 Å². The lowest BCUT2D eigenvalue weighted by molar-refractivity contribution is 0.376. The summed E-state index contributed by atoms with van der Waals surface area (Å²) in [4.78, 5) is 8.91. The molecule has 0 saturated carbocycles. The lowest BCUT2D eigenvalue weighted by atomic mass is 10.2. The van der Waals surface area contributed by atoms with Crippen LogP contribution in [0, 0.1) is 11.3 Å². The molecule has 3 aromatic rings. The van der Waals surface area contributed by atoms with Gasteiger partial charge in [-0.2, -0.15) is 10.2 Å². The van der Waals surface area contributed by atoms with Crippen LogP contribution in [-0.4, -0.2) is 15.1 Å². The maximum atomic E-state index is 8.53. The van der Waals surface area contributed by atoms with Gasteiger partial charge in [0.1, 0.15) is 5.69 Å². The summed E-state index contributed by atoms with van der Waals surface area (Å²) in [6.07, 6.45) is 1.80. The summed E-state index contributed by atoms with van der Waals surface area (Å²) < 4.78 is 6.03. The summed E-state index contributed by atoms with van der Waals surface area (Å²) >= 11 is 3.50. The molecule has 0 fully saturated rings. The summed E-state index contributed by atoms with van der Waals surface area (Å²) in [7, 11) is 0. The molecule has 0 aliphatic heterocycles. The normalized spacial score (nSPS) is 10.7. The summed E-state index contributed by atoms with van der Waals surface area (Å²) in [6, 6.07) is 11.9. The highest BCUT2D eigenvalue weighted by molar-refractivity contribution is 9.10. The van der Waals surface area contributed by atoms with Crippen molar-refractivity contribution >= 4 is 26.8 Å². The minimum absolute atomic E-state index is 0.458. The van der Waals surface area contributed by atoms with Crippen LogP contribution in [0.25, 0.3) is 22.4 Å². The summed E-state index contributed by atoms with van der Waals surface area (Å²) in [6.45, 7) is 0. The number of halogens is 1. The van der Waals surface area contributed by atoms with Gasteiger partial charge in [0.15, 0.2) is 0 Å². The number of unbranched alkanes of at least 4 members (excludes halogenated alkanes) is 1. The SMILES string of the molecule is N#CCCCc1nc(-c2nc3ccccc3cc2Br)no1. The van der Waals surface area contributed by atoms with Crippen molar-refractivity contribution in [3.8, 4) is 17.6 Å². The molecule has 0 amide bonds. The van der Waals surface area contributed by atoms with E-state index in [1.54, 1.807) is 0 Å². The van der Waals surface area contributed by atoms with E-state index in [-0.39, 0.29) is 0 Å². The fourth-order valence-corrected chi connectivity index (χ4v) is 2.53. The maximum Gasteiger partial charge on any atom is 0.227 e. The van der Waals surface area contributed by atoms with E-state index in [1.807, 2.05) is 30.3 Å². The zero-order valence-corrected chi connectivity index (χ0v) is 12.7. The van der Waals surface area contributed by atoms with Crippen LogP contribution in [0.15, 0.2) is 39.3 Å². The number of fused-ring (bicyclic) bond motifs is 1. The molecular weight excluding hydrogens is 332 g/mol. The third-order valence-electron chi connectivity index (χ3n) is 3.04. The highest BCUT2D eigenvalue weighted by Gasteiger charge is 2.14. The first kappa shape index (κ1) is 13.7. The Morgan fingerprint density at radius 2 is 2.10 bits per heavy atom. The highest BCUT2D eigenvalue weighted by Crippen LogP contribution is 2.28. The molecule has 21 heavy (non-hydrogen) atoms. The largest absolute Gasteiger partial charge is 0.339 e. The number of nitrogens with zero attached hydrogens (tertiary/aromatic N) is 4. The average molecular weight is 343 g/mol. The first-order valence-electron chi connectivity index (χ1n) is 6.53. The van der Waals surface area contributed by atoms with Crippen molar-refractivity contribution in [2.45, 2.75) is 19.3 Å². The van der Waals surface area contributed by atoms with Crippen molar-refractivity contribution in [2.75, 3.05) is 0 Å². The van der Waals surface area contributed by atoms with Gasteiger partial charge < -0.3 is 4.52 Å². The van der Waals surface area contributed by atoms with Crippen LogP contribution >= 0.6 is 15.9 Å². The molecule has 3 rings (SSSR count). The maximum absolute atomic E-state index is 8.53. The van der Waals surface area contributed by atoms with Gasteiger partial charge in [-0.05, 0) is 34.5 Å². The predicted octanol–water partition coefficient (Wildman–Crippen LogP) is 3.89. The topological polar surface area (TPSA) is 75.6 Å². The Hall–Kier alpha value is -2.26. The molecule has 0 radical (unpaired) electrons. The van der Waals surface area contributed by atoms with Gasteiger partial charge >= 0.3 is 0 Å². The molecule has 6 heteroatoms. The number of hydrogen-bond donors (Lipinski definition) is 0. The summed E-state index contributed by atoms with van der Waals surface area (Å²) in [5, 5.41) is 13.6. The standard InChI is InChI=1S/C15H11BrN4O/c16-11-9-10-5-1-2-6-12(10)18-14(11)15-19-13(21-20-15)7-3-4-8-17/h1-2,5-6,9H,3-4,7H2. The molecule has 0 aliphatic carbocycles. The predicted molar refractivity (Wildman–Crippen MR) is 81.3 cm³/mol. The van der Waals surface area contributed by atoms with Crippen molar-refractivity contribution in [3.05, 3.63) is 40.7 Å². The average Bonchev–Trinajstić information content (AvgIpc) is 2.95. The van der Waals surface area contributed by atoms with E-state index in [1.165, 1.54) is 0 Å². The number of para-hydroxylation sites is 1. The third-order valence-corrected chi connectivity index (χ3v) is 3.64. The minimum Gasteiger partial charge on any atom is -0.339 e. The van der Waals surface area contributed by atoms with Gasteiger partial charge in [0, 0.05) is 22.7 Å². The first-order chi connectivity index (χ1) is 10.3. The Morgan fingerprint density at radius 1 is 1.24 bits per heavy atom. The fraction of sp³-hybridized carbons (Fsp3) is 0.200. The fourth-order valence-electron chi connectivity index (χ4n) is 2.02. The van der Waals surface area contributed by atoms with Gasteiger partial charge in [0.2, 0.25) is 11.7 Å². The summed E-state index contributed by atoms with van der Waals surface area (Å²) in [5.74, 6) is 0.988. The van der Waals surface area contributed by atoms with Crippen LogP contribution in [-0.2, 0) is 6.42 Å². The van der Waals surface area contributed by atoms with Crippen molar-refractivity contribution in [2.24, 2.45) is 0 Å². The quantitative estimate of drug-likeness (QED) is 0.672. The zero-order chi connectivity index (χ0) is 14.7. The van der Waals surface area contributed by atoms with Gasteiger partial charge in [-0.1, -0.05) is 23.4 Å². The highest BCUT2D eigenvalue weighted by atomic mass is 79.9. The van der Waals surface area contributed by atoms with Gasteiger partial charge in [0.25, 0.3) is 0 Å². The molecule has 2 aromatic heterocycles. The number of hydrogen-bond acceptors (Lipinski definition) is 5. The number of pyridine rings is 1. The zero-order valence-electron chi connectivity index (χ0n) is 11.1. The molecule has 0 saturated heterocycles. The second kappa shape index (κ2) is 6.02. The molecule has 1 aromatic carbocycles. The third kappa shape index (κ3) is 2.93. The van der Waals surface area contributed by atoms with E-state index >= 15 is 0 Å². The molecule has 0 unspecified atom stereocenters. The van der Waals surface area contributed by atoms with Crippen LogP contribution in [0.1, 0.15) is 18.7 Å². The molecule has 104 valence electrons. The van der Waals surface area contributed by atoms with Crippen LogP contribution in [0.3, 0.4) is 0 Å². The number of rotatable bonds is 4. The van der Waals surface area contributed by atoms with Crippen LogP contribution in [0.5, 0.6) is 0 Å². The van der Waals surface area contributed by atoms with Gasteiger partial charge in [0.05, 0.1) is 11.6 Å². The first-order valence-corrected chi connectivity index (χ1v) is 7.32. The number of aryl methyl sites for hydroxylation is 1. The van der Waals surface area contributed by atoms with E-state index in [2.05, 4.69) is 37.1 Å². The second-order valence-corrected chi connectivity index (χ2v) is 5.39. The van der Waals surface area contributed by atoms with Crippen molar-refractivity contribution in [1.82, 2.24) is 15.1 Å². The van der Waals surface area contributed by atoms with Gasteiger partial charge in [-0.3, -0.25) is 0 Å². The number of benzene rings is 1. The lowest BCUT2D eigenvalue weighted by Crippen LogP contribution is -1.90. The van der Waals surface area contributed by atoms with E-state index in [0.717, 1.165) is 15.4 Å². The van der Waals surface area contributed by atoms with E-state index in [9.17, 15) is 0 Å². The van der Waals surface area contributed by atoms with Crippen LogP contribution < -0.4 is 0 Å². The summed E-state index contributed by atoms with van der Waals surface area (Å²) in [5.41, 5.74) is 1.54. The molecule has 0 atom stereocenters. The monoisotopic (exact) mass is 342 g/mol. The van der Waals surface area contributed by atoms with Gasteiger partial charge in [-0.25, -0.2) is 4.98 Å². The Labute approximate surface area is 129 Å². The van der Waals surface area contributed by atoms with E-state index < -0.39 is 0 Å². The molecule has 0 spiro atoms. The molecule has 0 N–H and O–H groups in total. The second-order valence-electron chi connectivity index (χ2n) is 4.53.